The maximum Gasteiger partial charge on any atom is 0.234 e. The number of rotatable bonds is 7. The molecule has 1 amide bonds. The van der Waals surface area contributed by atoms with E-state index in [9.17, 15) is 9.18 Å². The number of hydrogen-bond donors (Lipinski definition) is 1. The Hall–Kier alpha value is -1.76. The molecule has 1 aromatic carbocycles. The Bertz CT molecular complexity index is 740. The maximum absolute atomic E-state index is 13.3. The van der Waals surface area contributed by atoms with Gasteiger partial charge in [0.1, 0.15) is 5.82 Å². The van der Waals surface area contributed by atoms with Gasteiger partial charge < -0.3 is 10.2 Å². The van der Waals surface area contributed by atoms with E-state index >= 15 is 0 Å². The van der Waals surface area contributed by atoms with Gasteiger partial charge >= 0.3 is 0 Å². The molecule has 1 aliphatic rings. The molecular formula is C22H30FN3OS. The average Bonchev–Trinajstić information content (AvgIpc) is 3.21. The molecule has 2 heterocycles. The number of amides is 1. The van der Waals surface area contributed by atoms with Crippen LogP contribution in [0, 0.1) is 5.82 Å². The predicted octanol–water partition coefficient (Wildman–Crippen LogP) is 3.90. The highest BCUT2D eigenvalue weighted by atomic mass is 32.1. The topological polar surface area (TPSA) is 35.6 Å². The van der Waals surface area contributed by atoms with Crippen LogP contribution in [0.4, 0.5) is 4.39 Å². The number of carbonyl (C=O) groups is 1. The summed E-state index contributed by atoms with van der Waals surface area (Å²) in [4.78, 5) is 18.5. The predicted molar refractivity (Wildman–Crippen MR) is 113 cm³/mol. The zero-order valence-corrected chi connectivity index (χ0v) is 17.7. The number of piperidine rings is 1. The lowest BCUT2D eigenvalue weighted by atomic mass is 10.0. The van der Waals surface area contributed by atoms with E-state index < -0.39 is 0 Å². The molecule has 0 saturated carbocycles. The van der Waals surface area contributed by atoms with Crippen LogP contribution in [0.3, 0.4) is 0 Å². The number of likely N-dealkylation sites (N-methyl/N-ethyl adjacent to an activating group) is 1. The number of thiophene rings is 1. The Kier molecular flexibility index (Phi) is 7.21. The van der Waals surface area contributed by atoms with Gasteiger partial charge in [0.15, 0.2) is 0 Å². The van der Waals surface area contributed by atoms with E-state index in [0.717, 1.165) is 36.4 Å². The number of hydrogen-bond acceptors (Lipinski definition) is 4. The summed E-state index contributed by atoms with van der Waals surface area (Å²) >= 11 is 1.59. The zero-order chi connectivity index (χ0) is 20.1. The van der Waals surface area contributed by atoms with Crippen molar-refractivity contribution in [2.45, 2.75) is 44.8 Å². The van der Waals surface area contributed by atoms with Gasteiger partial charge in [0.05, 0.1) is 12.6 Å². The van der Waals surface area contributed by atoms with E-state index in [0.29, 0.717) is 18.6 Å². The lowest BCUT2D eigenvalue weighted by Crippen LogP contribution is -2.48. The van der Waals surface area contributed by atoms with Crippen molar-refractivity contribution < 1.29 is 9.18 Å². The van der Waals surface area contributed by atoms with Crippen molar-refractivity contribution in [3.05, 3.63) is 58.0 Å². The molecule has 1 unspecified atom stereocenters. The second-order valence-electron chi connectivity index (χ2n) is 7.84. The van der Waals surface area contributed by atoms with E-state index in [4.69, 9.17) is 0 Å². The minimum absolute atomic E-state index is 0.00323. The summed E-state index contributed by atoms with van der Waals surface area (Å²) in [6, 6.07) is 11.1. The fraction of sp³-hybridized carbons (Fsp3) is 0.500. The fourth-order valence-corrected chi connectivity index (χ4v) is 4.64. The normalized spacial score (nSPS) is 17.2. The largest absolute Gasteiger partial charge is 0.343 e. The molecular weight excluding hydrogens is 373 g/mol. The van der Waals surface area contributed by atoms with Crippen molar-refractivity contribution in [2.24, 2.45) is 0 Å². The van der Waals surface area contributed by atoms with Gasteiger partial charge in [-0.25, -0.2) is 4.39 Å². The van der Waals surface area contributed by atoms with Crippen LogP contribution in [-0.4, -0.2) is 54.5 Å². The summed E-state index contributed by atoms with van der Waals surface area (Å²) in [5.74, 6) is -0.274. The van der Waals surface area contributed by atoms with Gasteiger partial charge in [0.25, 0.3) is 0 Å². The lowest BCUT2D eigenvalue weighted by molar-refractivity contribution is -0.123. The highest BCUT2D eigenvalue weighted by molar-refractivity contribution is 7.10. The quantitative estimate of drug-likeness (QED) is 0.762. The third-order valence-electron chi connectivity index (χ3n) is 5.58. The first kappa shape index (κ1) is 21.0. The van der Waals surface area contributed by atoms with E-state index in [1.54, 1.807) is 23.5 Å². The van der Waals surface area contributed by atoms with E-state index in [1.807, 2.05) is 24.6 Å². The van der Waals surface area contributed by atoms with Crippen molar-refractivity contribution in [1.82, 2.24) is 15.1 Å². The van der Waals surface area contributed by atoms with E-state index in [2.05, 4.69) is 29.0 Å². The molecule has 1 aliphatic heterocycles. The first-order valence-corrected chi connectivity index (χ1v) is 10.8. The van der Waals surface area contributed by atoms with Crippen molar-refractivity contribution >= 4 is 17.2 Å². The maximum atomic E-state index is 13.3. The molecule has 6 heteroatoms. The Labute approximate surface area is 171 Å². The molecule has 1 fully saturated rings. The summed E-state index contributed by atoms with van der Waals surface area (Å²) in [5.41, 5.74) is 0.894. The summed E-state index contributed by atoms with van der Waals surface area (Å²) in [6.07, 6.45) is 2.18. The van der Waals surface area contributed by atoms with Crippen molar-refractivity contribution in [1.29, 1.82) is 0 Å². The number of nitrogens with one attached hydrogen (secondary N) is 1. The highest BCUT2D eigenvalue weighted by Gasteiger charge is 2.26. The molecule has 1 aromatic heterocycles. The molecule has 1 atom stereocenters. The molecule has 0 bridgehead atoms. The lowest BCUT2D eigenvalue weighted by Gasteiger charge is -2.38. The molecule has 28 heavy (non-hydrogen) atoms. The monoisotopic (exact) mass is 403 g/mol. The van der Waals surface area contributed by atoms with Crippen LogP contribution < -0.4 is 5.32 Å². The number of carbonyl (C=O) groups excluding carboxylic acids is 1. The van der Waals surface area contributed by atoms with E-state index in [1.165, 1.54) is 12.1 Å². The first-order chi connectivity index (χ1) is 13.4. The molecule has 0 aliphatic carbocycles. The molecule has 0 radical (unpaired) electrons. The van der Waals surface area contributed by atoms with Crippen LogP contribution >= 0.6 is 11.3 Å². The minimum atomic E-state index is -0.271. The van der Waals surface area contributed by atoms with Gasteiger partial charge in [0, 0.05) is 17.0 Å². The highest BCUT2D eigenvalue weighted by Crippen LogP contribution is 2.26. The number of benzene rings is 1. The summed E-state index contributed by atoms with van der Waals surface area (Å²) in [5, 5.41) is 5.14. The summed E-state index contributed by atoms with van der Waals surface area (Å²) in [6.45, 7) is 7.01. The molecule has 152 valence electrons. The average molecular weight is 404 g/mol. The number of halogens is 1. The van der Waals surface area contributed by atoms with Crippen LogP contribution in [0.25, 0.3) is 0 Å². The number of nitrogens with zero attached hydrogens (tertiary/aromatic N) is 2. The van der Waals surface area contributed by atoms with Crippen molar-refractivity contribution in [3.63, 3.8) is 0 Å². The zero-order valence-electron chi connectivity index (χ0n) is 16.9. The molecule has 3 rings (SSSR count). The first-order valence-electron chi connectivity index (χ1n) is 9.96. The van der Waals surface area contributed by atoms with Crippen LogP contribution in [0.15, 0.2) is 41.8 Å². The van der Waals surface area contributed by atoms with Gasteiger partial charge in [-0.05, 0) is 76.0 Å². The molecule has 1 saturated heterocycles. The van der Waals surface area contributed by atoms with Crippen LogP contribution in [0.1, 0.15) is 43.2 Å². The number of likely N-dealkylation sites (tertiary alicyclic amines) is 1. The van der Waals surface area contributed by atoms with Gasteiger partial charge in [-0.3, -0.25) is 9.69 Å². The van der Waals surface area contributed by atoms with E-state index in [-0.39, 0.29) is 17.8 Å². The second kappa shape index (κ2) is 9.63. The summed E-state index contributed by atoms with van der Waals surface area (Å²) < 4.78 is 13.3. The standard InChI is InChI=1S/C22H30FN3OS/c1-16(2)26-12-10-19(11-13-26)25(3)15-21(27)24-22(20-5-4-14-28-20)17-6-8-18(23)9-7-17/h4-9,14,16,19,22H,10-13,15H2,1-3H3,(H,24,27). The van der Waals surface area contributed by atoms with Crippen LogP contribution in [0.2, 0.25) is 0 Å². The fourth-order valence-electron chi connectivity index (χ4n) is 3.83. The van der Waals surface area contributed by atoms with Crippen molar-refractivity contribution in [2.75, 3.05) is 26.7 Å². The third-order valence-corrected chi connectivity index (χ3v) is 6.52. The van der Waals surface area contributed by atoms with Gasteiger partial charge in [0.2, 0.25) is 5.91 Å². The van der Waals surface area contributed by atoms with Gasteiger partial charge in [-0.15, -0.1) is 11.3 Å². The van der Waals surface area contributed by atoms with Gasteiger partial charge in [-0.1, -0.05) is 18.2 Å². The molecule has 0 spiro atoms. The Balaban J connectivity index is 1.60. The SMILES string of the molecule is CC(C)N1CCC(N(C)CC(=O)NC(c2ccc(F)cc2)c2cccs2)CC1. The molecule has 4 nitrogen and oxygen atoms in total. The third kappa shape index (κ3) is 5.40. The molecule has 2 aromatic rings. The Morgan fingerprint density at radius 2 is 1.93 bits per heavy atom. The second-order valence-corrected chi connectivity index (χ2v) is 8.82. The summed E-state index contributed by atoms with van der Waals surface area (Å²) in [7, 11) is 2.04. The minimum Gasteiger partial charge on any atom is -0.343 e. The Morgan fingerprint density at radius 1 is 1.25 bits per heavy atom. The van der Waals surface area contributed by atoms with Gasteiger partial charge in [-0.2, -0.15) is 0 Å². The van der Waals surface area contributed by atoms with Crippen LogP contribution in [-0.2, 0) is 4.79 Å². The Morgan fingerprint density at radius 3 is 2.50 bits per heavy atom. The smallest absolute Gasteiger partial charge is 0.234 e. The van der Waals surface area contributed by atoms with Crippen molar-refractivity contribution in [3.8, 4) is 0 Å². The van der Waals surface area contributed by atoms with Crippen LogP contribution in [0.5, 0.6) is 0 Å². The molecule has 1 N–H and O–H groups in total.